The first-order valence-corrected chi connectivity index (χ1v) is 10.1. The average molecular weight is 405 g/mol. The fourth-order valence-electron chi connectivity index (χ4n) is 3.28. The summed E-state index contributed by atoms with van der Waals surface area (Å²) in [6.45, 7) is 1.90. The second-order valence-corrected chi connectivity index (χ2v) is 7.09. The van der Waals surface area contributed by atoms with Crippen LogP contribution in [0.4, 0.5) is 0 Å². The number of benzene rings is 2. The van der Waals surface area contributed by atoms with Crippen molar-refractivity contribution in [2.75, 3.05) is 40.0 Å². The number of carbonyl (C=O) groups excluding carboxylic acids is 2. The second kappa shape index (κ2) is 11.2. The van der Waals surface area contributed by atoms with Crippen molar-refractivity contribution >= 4 is 23.8 Å². The molecular weight excluding hydrogens is 378 g/mol. The van der Waals surface area contributed by atoms with Gasteiger partial charge in [-0.05, 0) is 23.3 Å². The van der Waals surface area contributed by atoms with E-state index in [9.17, 15) is 9.59 Å². The van der Waals surface area contributed by atoms with Gasteiger partial charge in [0.25, 0.3) is 0 Å². The molecule has 1 amide bonds. The van der Waals surface area contributed by atoms with Crippen LogP contribution in [0.1, 0.15) is 17.5 Å². The molecule has 0 radical (unpaired) electrons. The summed E-state index contributed by atoms with van der Waals surface area (Å²) in [6.07, 6.45) is 4.01. The average Bonchev–Trinajstić information content (AvgIpc) is 2.77. The smallest absolute Gasteiger partial charge is 0.225 e. The standard InChI is InChI=1S/C25H27NO4/c1-29-14-15-30-13-12-24(27)26-18-22(16-20-8-4-2-5-9-20)25(28)23(19-26)17-21-10-6-3-7-11-21/h2-11,16-17H,12-15,18-19H2,1H3/b22-16+,23-17+. The maximum atomic E-state index is 13.1. The molecule has 1 heterocycles. The molecule has 1 aliphatic rings. The minimum absolute atomic E-state index is 0.0110. The van der Waals surface area contributed by atoms with Gasteiger partial charge in [-0.15, -0.1) is 0 Å². The highest BCUT2D eigenvalue weighted by Crippen LogP contribution is 2.22. The van der Waals surface area contributed by atoms with Crippen LogP contribution in [0.3, 0.4) is 0 Å². The summed E-state index contributed by atoms with van der Waals surface area (Å²) in [6, 6.07) is 19.4. The zero-order valence-corrected chi connectivity index (χ0v) is 17.3. The lowest BCUT2D eigenvalue weighted by Crippen LogP contribution is -2.42. The maximum absolute atomic E-state index is 13.1. The summed E-state index contributed by atoms with van der Waals surface area (Å²) in [5.74, 6) is -0.0408. The molecule has 1 saturated heterocycles. The molecule has 2 aromatic carbocycles. The van der Waals surface area contributed by atoms with Crippen molar-refractivity contribution in [1.29, 1.82) is 0 Å². The normalized spacial score (nSPS) is 17.0. The van der Waals surface area contributed by atoms with Gasteiger partial charge in [0.15, 0.2) is 5.78 Å². The molecule has 5 nitrogen and oxygen atoms in total. The first-order chi connectivity index (χ1) is 14.7. The van der Waals surface area contributed by atoms with E-state index in [4.69, 9.17) is 9.47 Å². The number of ether oxygens (including phenoxy) is 2. The second-order valence-electron chi connectivity index (χ2n) is 7.09. The third kappa shape index (κ3) is 6.24. The summed E-state index contributed by atoms with van der Waals surface area (Å²) >= 11 is 0. The van der Waals surface area contributed by atoms with Gasteiger partial charge in [-0.1, -0.05) is 60.7 Å². The van der Waals surface area contributed by atoms with E-state index in [0.717, 1.165) is 11.1 Å². The molecule has 0 unspecified atom stereocenters. The Balaban J connectivity index is 1.79. The Hall–Kier alpha value is -3.02. The fourth-order valence-corrected chi connectivity index (χ4v) is 3.28. The number of piperidine rings is 1. The fraction of sp³-hybridized carbons (Fsp3) is 0.280. The quantitative estimate of drug-likeness (QED) is 0.497. The van der Waals surface area contributed by atoms with Gasteiger partial charge in [-0.2, -0.15) is 0 Å². The van der Waals surface area contributed by atoms with Crippen molar-refractivity contribution in [3.05, 3.63) is 82.9 Å². The van der Waals surface area contributed by atoms with Crippen molar-refractivity contribution in [3.63, 3.8) is 0 Å². The Kier molecular flexibility index (Phi) is 8.12. The number of hydrogen-bond donors (Lipinski definition) is 0. The van der Waals surface area contributed by atoms with Gasteiger partial charge in [-0.25, -0.2) is 0 Å². The molecule has 0 spiro atoms. The van der Waals surface area contributed by atoms with Crippen molar-refractivity contribution < 1.29 is 19.1 Å². The van der Waals surface area contributed by atoms with Gasteiger partial charge in [0.05, 0.1) is 26.2 Å². The van der Waals surface area contributed by atoms with E-state index in [0.29, 0.717) is 44.1 Å². The number of carbonyl (C=O) groups is 2. The van der Waals surface area contributed by atoms with E-state index in [1.807, 2.05) is 72.8 Å². The number of Topliss-reactive ketones (excluding diaryl/α,β-unsaturated/α-hetero) is 1. The molecule has 156 valence electrons. The summed E-state index contributed by atoms with van der Waals surface area (Å²) < 4.78 is 10.4. The Labute approximate surface area is 177 Å². The molecule has 30 heavy (non-hydrogen) atoms. The van der Waals surface area contributed by atoms with Gasteiger partial charge in [0.1, 0.15) is 0 Å². The number of rotatable bonds is 8. The number of amides is 1. The van der Waals surface area contributed by atoms with Gasteiger partial charge in [0.2, 0.25) is 5.91 Å². The third-order valence-corrected chi connectivity index (χ3v) is 4.83. The van der Waals surface area contributed by atoms with Crippen LogP contribution in [0.2, 0.25) is 0 Å². The third-order valence-electron chi connectivity index (χ3n) is 4.83. The van der Waals surface area contributed by atoms with Gasteiger partial charge < -0.3 is 14.4 Å². The Morgan fingerprint density at radius 1 is 0.867 bits per heavy atom. The summed E-state index contributed by atoms with van der Waals surface area (Å²) in [4.78, 5) is 27.6. The Morgan fingerprint density at radius 3 is 1.90 bits per heavy atom. The molecule has 0 atom stereocenters. The number of likely N-dealkylation sites (tertiary alicyclic amines) is 1. The molecule has 0 aliphatic carbocycles. The van der Waals surface area contributed by atoms with E-state index in [-0.39, 0.29) is 18.1 Å². The molecule has 1 aliphatic heterocycles. The van der Waals surface area contributed by atoms with E-state index in [1.165, 1.54) is 0 Å². The topological polar surface area (TPSA) is 55.8 Å². The van der Waals surface area contributed by atoms with Crippen LogP contribution in [-0.2, 0) is 19.1 Å². The lowest BCUT2D eigenvalue weighted by atomic mass is 9.94. The SMILES string of the molecule is COCCOCCC(=O)N1C/C(=C\c2ccccc2)C(=O)/C(=C/c2ccccc2)C1. The van der Waals surface area contributed by atoms with Crippen LogP contribution in [0.5, 0.6) is 0 Å². The molecule has 0 N–H and O–H groups in total. The van der Waals surface area contributed by atoms with Crippen molar-refractivity contribution in [3.8, 4) is 0 Å². The monoisotopic (exact) mass is 405 g/mol. The first-order valence-electron chi connectivity index (χ1n) is 10.1. The van der Waals surface area contributed by atoms with E-state index < -0.39 is 0 Å². The largest absolute Gasteiger partial charge is 0.382 e. The Bertz CT molecular complexity index is 842. The first kappa shape index (κ1) is 21.7. The lowest BCUT2D eigenvalue weighted by Gasteiger charge is -2.30. The minimum Gasteiger partial charge on any atom is -0.382 e. The molecule has 0 aromatic heterocycles. The number of methoxy groups -OCH3 is 1. The van der Waals surface area contributed by atoms with Crippen LogP contribution < -0.4 is 0 Å². The van der Waals surface area contributed by atoms with Crippen molar-refractivity contribution in [1.82, 2.24) is 4.90 Å². The highest BCUT2D eigenvalue weighted by molar-refractivity contribution is 6.15. The summed E-state index contributed by atoms with van der Waals surface area (Å²) in [5, 5.41) is 0. The highest BCUT2D eigenvalue weighted by atomic mass is 16.5. The van der Waals surface area contributed by atoms with Crippen LogP contribution in [-0.4, -0.2) is 56.6 Å². The van der Waals surface area contributed by atoms with E-state index in [2.05, 4.69) is 0 Å². The maximum Gasteiger partial charge on any atom is 0.225 e. The highest BCUT2D eigenvalue weighted by Gasteiger charge is 2.28. The van der Waals surface area contributed by atoms with Crippen LogP contribution in [0.15, 0.2) is 71.8 Å². The summed E-state index contributed by atoms with van der Waals surface area (Å²) in [7, 11) is 1.61. The molecule has 2 aromatic rings. The predicted molar refractivity (Wildman–Crippen MR) is 118 cm³/mol. The van der Waals surface area contributed by atoms with Crippen molar-refractivity contribution in [2.24, 2.45) is 0 Å². The van der Waals surface area contributed by atoms with Crippen LogP contribution >= 0.6 is 0 Å². The van der Waals surface area contributed by atoms with Crippen molar-refractivity contribution in [2.45, 2.75) is 6.42 Å². The van der Waals surface area contributed by atoms with Gasteiger partial charge in [0, 0.05) is 31.3 Å². The van der Waals surface area contributed by atoms with E-state index >= 15 is 0 Å². The number of hydrogen-bond acceptors (Lipinski definition) is 4. The number of nitrogens with zero attached hydrogens (tertiary/aromatic N) is 1. The molecular formula is C25H27NO4. The number of ketones is 1. The van der Waals surface area contributed by atoms with Crippen LogP contribution in [0.25, 0.3) is 12.2 Å². The van der Waals surface area contributed by atoms with Gasteiger partial charge >= 0.3 is 0 Å². The molecule has 0 bridgehead atoms. The Morgan fingerprint density at radius 2 is 1.40 bits per heavy atom. The predicted octanol–water partition coefficient (Wildman–Crippen LogP) is 3.62. The zero-order chi connectivity index (χ0) is 21.2. The molecule has 0 saturated carbocycles. The van der Waals surface area contributed by atoms with Gasteiger partial charge in [-0.3, -0.25) is 9.59 Å². The summed E-state index contributed by atoms with van der Waals surface area (Å²) in [5.41, 5.74) is 3.11. The lowest BCUT2D eigenvalue weighted by molar-refractivity contribution is -0.132. The van der Waals surface area contributed by atoms with Crippen LogP contribution in [0, 0.1) is 0 Å². The molecule has 5 heteroatoms. The molecule has 3 rings (SSSR count). The van der Waals surface area contributed by atoms with E-state index in [1.54, 1.807) is 12.0 Å². The molecule has 1 fully saturated rings. The minimum atomic E-state index is -0.0298. The zero-order valence-electron chi connectivity index (χ0n) is 17.3.